The van der Waals surface area contributed by atoms with Gasteiger partial charge in [0.2, 0.25) is 0 Å². The molecule has 4 aromatic rings. The van der Waals surface area contributed by atoms with Gasteiger partial charge in [0.15, 0.2) is 5.82 Å². The van der Waals surface area contributed by atoms with Crippen LogP contribution in [0.1, 0.15) is 5.56 Å². The minimum atomic E-state index is 0.725. The van der Waals surface area contributed by atoms with Gasteiger partial charge in [-0.05, 0) is 41.5 Å². The van der Waals surface area contributed by atoms with Gasteiger partial charge in [0.1, 0.15) is 0 Å². The van der Waals surface area contributed by atoms with Gasteiger partial charge in [-0.25, -0.2) is 9.97 Å². The van der Waals surface area contributed by atoms with Crippen molar-refractivity contribution in [3.8, 4) is 22.6 Å². The van der Waals surface area contributed by atoms with E-state index in [9.17, 15) is 0 Å². The Kier molecular flexibility index (Phi) is 3.31. The van der Waals surface area contributed by atoms with Gasteiger partial charge in [-0.1, -0.05) is 36.4 Å². The molecule has 0 spiro atoms. The number of aryl methyl sites for hydroxylation is 1. The molecular weight excluding hydrogens is 282 g/mol. The molecular formula is C20H15N3. The largest absolute Gasteiger partial charge is 0.256 e. The van der Waals surface area contributed by atoms with E-state index in [0.717, 1.165) is 28.0 Å². The molecule has 0 saturated heterocycles. The van der Waals surface area contributed by atoms with Gasteiger partial charge in [-0.3, -0.25) is 4.98 Å². The molecule has 110 valence electrons. The highest BCUT2D eigenvalue weighted by atomic mass is 14.9. The fourth-order valence-electron chi connectivity index (χ4n) is 2.84. The molecule has 0 amide bonds. The van der Waals surface area contributed by atoms with Crippen LogP contribution in [0.5, 0.6) is 0 Å². The van der Waals surface area contributed by atoms with Gasteiger partial charge in [0.25, 0.3) is 0 Å². The lowest BCUT2D eigenvalue weighted by molar-refractivity contribution is 1.18. The fraction of sp³-hybridized carbons (Fsp3) is 0.0500. The number of hydrogen-bond acceptors (Lipinski definition) is 3. The van der Waals surface area contributed by atoms with Gasteiger partial charge in [-0.2, -0.15) is 0 Å². The third-order valence-corrected chi connectivity index (χ3v) is 3.91. The first kappa shape index (κ1) is 13.6. The Morgan fingerprint density at radius 3 is 2.39 bits per heavy atom. The standard InChI is InChI=1S/C20H15N3/c1-14-9-12-21-18(13-14)17-8-7-15-5-2-3-6-16(15)19(17)20-22-10-4-11-23-20/h2-13H,1H3. The third-order valence-electron chi connectivity index (χ3n) is 3.91. The van der Waals surface area contributed by atoms with E-state index in [4.69, 9.17) is 0 Å². The summed E-state index contributed by atoms with van der Waals surface area (Å²) in [5.41, 5.74) is 4.21. The molecule has 0 fully saturated rings. The normalized spacial score (nSPS) is 10.8. The maximum absolute atomic E-state index is 4.55. The summed E-state index contributed by atoms with van der Waals surface area (Å²) in [5.74, 6) is 0.725. The van der Waals surface area contributed by atoms with E-state index in [-0.39, 0.29) is 0 Å². The molecule has 0 aliphatic heterocycles. The average molecular weight is 297 g/mol. The first-order valence-corrected chi connectivity index (χ1v) is 7.55. The Labute approximate surface area is 134 Å². The molecule has 0 aliphatic carbocycles. The molecule has 4 rings (SSSR count). The van der Waals surface area contributed by atoms with Crippen LogP contribution in [0.4, 0.5) is 0 Å². The van der Waals surface area contributed by atoms with Crippen molar-refractivity contribution in [3.05, 3.63) is 78.8 Å². The second-order valence-corrected chi connectivity index (χ2v) is 5.50. The second kappa shape index (κ2) is 5.61. The maximum Gasteiger partial charge on any atom is 0.160 e. The molecule has 2 heterocycles. The molecule has 23 heavy (non-hydrogen) atoms. The van der Waals surface area contributed by atoms with Crippen LogP contribution in [0.15, 0.2) is 73.2 Å². The molecule has 3 nitrogen and oxygen atoms in total. The Hall–Kier alpha value is -3.07. The summed E-state index contributed by atoms with van der Waals surface area (Å²) in [6.45, 7) is 2.07. The van der Waals surface area contributed by atoms with Crippen molar-refractivity contribution in [2.24, 2.45) is 0 Å². The van der Waals surface area contributed by atoms with Crippen LogP contribution in [0.2, 0.25) is 0 Å². The monoisotopic (exact) mass is 297 g/mol. The number of rotatable bonds is 2. The van der Waals surface area contributed by atoms with E-state index in [2.05, 4.69) is 52.2 Å². The van der Waals surface area contributed by atoms with Crippen molar-refractivity contribution < 1.29 is 0 Å². The minimum Gasteiger partial charge on any atom is -0.256 e. The predicted octanol–water partition coefficient (Wildman–Crippen LogP) is 4.67. The molecule has 0 bridgehead atoms. The fourth-order valence-corrected chi connectivity index (χ4v) is 2.84. The molecule has 0 radical (unpaired) electrons. The SMILES string of the molecule is Cc1ccnc(-c2ccc3ccccc3c2-c2ncccn2)c1. The van der Waals surface area contributed by atoms with Crippen LogP contribution < -0.4 is 0 Å². The lowest BCUT2D eigenvalue weighted by Crippen LogP contribution is -1.94. The van der Waals surface area contributed by atoms with Gasteiger partial charge >= 0.3 is 0 Å². The van der Waals surface area contributed by atoms with E-state index < -0.39 is 0 Å². The lowest BCUT2D eigenvalue weighted by atomic mass is 9.95. The summed E-state index contributed by atoms with van der Waals surface area (Å²) in [4.78, 5) is 13.5. The van der Waals surface area contributed by atoms with Crippen LogP contribution in [-0.2, 0) is 0 Å². The molecule has 2 aromatic carbocycles. The molecule has 0 saturated carbocycles. The molecule has 3 heteroatoms. The van der Waals surface area contributed by atoms with E-state index in [1.165, 1.54) is 10.9 Å². The molecule has 0 atom stereocenters. The van der Waals surface area contributed by atoms with E-state index >= 15 is 0 Å². The van der Waals surface area contributed by atoms with Gasteiger partial charge < -0.3 is 0 Å². The molecule has 2 aromatic heterocycles. The zero-order chi connectivity index (χ0) is 15.6. The number of fused-ring (bicyclic) bond motifs is 1. The zero-order valence-corrected chi connectivity index (χ0v) is 12.8. The summed E-state index contributed by atoms with van der Waals surface area (Å²) in [5, 5.41) is 2.31. The van der Waals surface area contributed by atoms with E-state index in [1.54, 1.807) is 12.4 Å². The topological polar surface area (TPSA) is 38.7 Å². The van der Waals surface area contributed by atoms with Crippen LogP contribution in [0.25, 0.3) is 33.4 Å². The quantitative estimate of drug-likeness (QED) is 0.540. The number of hydrogen-bond donors (Lipinski definition) is 0. The van der Waals surface area contributed by atoms with Crippen LogP contribution >= 0.6 is 0 Å². The highest BCUT2D eigenvalue weighted by molar-refractivity contribution is 6.02. The zero-order valence-electron chi connectivity index (χ0n) is 12.8. The summed E-state index contributed by atoms with van der Waals surface area (Å²) >= 11 is 0. The van der Waals surface area contributed by atoms with Crippen molar-refractivity contribution in [3.63, 3.8) is 0 Å². The first-order valence-electron chi connectivity index (χ1n) is 7.55. The predicted molar refractivity (Wildman–Crippen MR) is 92.9 cm³/mol. The highest BCUT2D eigenvalue weighted by Crippen LogP contribution is 2.35. The minimum absolute atomic E-state index is 0.725. The number of nitrogens with zero attached hydrogens (tertiary/aromatic N) is 3. The van der Waals surface area contributed by atoms with Crippen LogP contribution in [-0.4, -0.2) is 15.0 Å². The molecule has 0 N–H and O–H groups in total. The first-order chi connectivity index (χ1) is 11.3. The van der Waals surface area contributed by atoms with E-state index in [1.807, 2.05) is 30.5 Å². The Morgan fingerprint density at radius 2 is 1.57 bits per heavy atom. The Balaban J connectivity index is 2.09. The summed E-state index contributed by atoms with van der Waals surface area (Å²) in [6.07, 6.45) is 5.39. The van der Waals surface area contributed by atoms with Gasteiger partial charge in [-0.15, -0.1) is 0 Å². The summed E-state index contributed by atoms with van der Waals surface area (Å²) < 4.78 is 0. The van der Waals surface area contributed by atoms with Crippen molar-refractivity contribution >= 4 is 10.8 Å². The van der Waals surface area contributed by atoms with Gasteiger partial charge in [0, 0.05) is 29.7 Å². The second-order valence-electron chi connectivity index (χ2n) is 5.50. The van der Waals surface area contributed by atoms with Gasteiger partial charge in [0.05, 0.1) is 5.69 Å². The van der Waals surface area contributed by atoms with E-state index in [0.29, 0.717) is 0 Å². The lowest BCUT2D eigenvalue weighted by Gasteiger charge is -2.12. The van der Waals surface area contributed by atoms with Crippen molar-refractivity contribution in [1.29, 1.82) is 0 Å². The number of pyridine rings is 1. The maximum atomic E-state index is 4.55. The summed E-state index contributed by atoms with van der Waals surface area (Å²) in [6, 6.07) is 18.5. The Morgan fingerprint density at radius 1 is 0.739 bits per heavy atom. The smallest absolute Gasteiger partial charge is 0.160 e. The van der Waals surface area contributed by atoms with Crippen molar-refractivity contribution in [2.45, 2.75) is 6.92 Å². The molecule has 0 unspecified atom stereocenters. The average Bonchev–Trinajstić information content (AvgIpc) is 2.61. The number of benzene rings is 2. The van der Waals surface area contributed by atoms with Crippen molar-refractivity contribution in [2.75, 3.05) is 0 Å². The third kappa shape index (κ3) is 2.46. The highest BCUT2D eigenvalue weighted by Gasteiger charge is 2.14. The van der Waals surface area contributed by atoms with Crippen LogP contribution in [0.3, 0.4) is 0 Å². The van der Waals surface area contributed by atoms with Crippen molar-refractivity contribution in [1.82, 2.24) is 15.0 Å². The summed E-state index contributed by atoms with van der Waals surface area (Å²) in [7, 11) is 0. The Bertz CT molecular complexity index is 978. The van der Waals surface area contributed by atoms with Crippen LogP contribution in [0, 0.1) is 6.92 Å². The molecule has 0 aliphatic rings. The number of aromatic nitrogens is 3.